The van der Waals surface area contributed by atoms with E-state index < -0.39 is 5.41 Å². The molecule has 1 amide bonds. The molecular formula is C18H15N3O3. The number of nitrogens with zero attached hydrogens (tertiary/aromatic N) is 2. The number of fused-ring (bicyclic) bond motifs is 6. The molecule has 0 radical (unpaired) electrons. The lowest BCUT2D eigenvalue weighted by Gasteiger charge is -2.26. The van der Waals surface area contributed by atoms with Crippen molar-refractivity contribution in [1.29, 1.82) is 0 Å². The van der Waals surface area contributed by atoms with Crippen LogP contribution in [0.2, 0.25) is 0 Å². The number of amides is 1. The molecule has 1 aromatic heterocycles. The van der Waals surface area contributed by atoms with Gasteiger partial charge in [0.05, 0.1) is 0 Å². The summed E-state index contributed by atoms with van der Waals surface area (Å²) in [5.74, 6) is 0.359. The van der Waals surface area contributed by atoms with Gasteiger partial charge in [0, 0.05) is 30.3 Å². The number of rotatable bonds is 0. The largest absolute Gasteiger partial charge is 0.423 e. The van der Waals surface area contributed by atoms with E-state index in [4.69, 9.17) is 10.2 Å². The van der Waals surface area contributed by atoms with Crippen molar-refractivity contribution in [3.8, 4) is 11.3 Å². The van der Waals surface area contributed by atoms with Crippen molar-refractivity contribution in [2.75, 3.05) is 12.8 Å². The summed E-state index contributed by atoms with van der Waals surface area (Å²) in [6.45, 7) is 0. The molecule has 2 N–H and O–H groups in total. The number of benzene rings is 1. The standard InChI is InChI=1S/C18H15N3O3/c1-21-11-7-4-8-12(22)13(11)18(16(21)23)10-6-3-2-5-9(10)14-15(18)20-17(19)24-14/h2-3,5-6H,4,7-8H2,1H3,(H2,19,20)/t18-/m1/s1. The van der Waals surface area contributed by atoms with Gasteiger partial charge < -0.3 is 15.1 Å². The van der Waals surface area contributed by atoms with Crippen LogP contribution in [0, 0.1) is 0 Å². The number of ketones is 1. The van der Waals surface area contributed by atoms with Crippen LogP contribution in [0.5, 0.6) is 0 Å². The van der Waals surface area contributed by atoms with Crippen LogP contribution >= 0.6 is 0 Å². The summed E-state index contributed by atoms with van der Waals surface area (Å²) in [7, 11) is 1.73. The van der Waals surface area contributed by atoms with E-state index in [0.29, 0.717) is 23.4 Å². The topological polar surface area (TPSA) is 89.4 Å². The van der Waals surface area contributed by atoms with Crippen LogP contribution in [0.15, 0.2) is 40.0 Å². The molecule has 0 bridgehead atoms. The van der Waals surface area contributed by atoms with Gasteiger partial charge in [0.2, 0.25) is 5.91 Å². The highest BCUT2D eigenvalue weighted by atomic mass is 16.4. The first kappa shape index (κ1) is 13.5. The summed E-state index contributed by atoms with van der Waals surface area (Å²) in [4.78, 5) is 32.2. The van der Waals surface area contributed by atoms with Gasteiger partial charge in [0.25, 0.3) is 6.01 Å². The molecule has 1 aliphatic heterocycles. The number of carbonyl (C=O) groups is 2. The fraction of sp³-hybridized carbons (Fsp3) is 0.278. The van der Waals surface area contributed by atoms with Crippen LogP contribution in [0.3, 0.4) is 0 Å². The maximum Gasteiger partial charge on any atom is 0.292 e. The molecule has 6 nitrogen and oxygen atoms in total. The minimum Gasteiger partial charge on any atom is -0.423 e. The SMILES string of the molecule is CN1C(=O)[C@@]2(C3=C1CCCC3=O)c1ccccc1-c1oc(N)nc12. The minimum absolute atomic E-state index is 0.0122. The Hall–Kier alpha value is -2.89. The Morgan fingerprint density at radius 2 is 2.04 bits per heavy atom. The second-order valence-corrected chi connectivity index (χ2v) is 6.49. The van der Waals surface area contributed by atoms with Gasteiger partial charge in [-0.3, -0.25) is 9.59 Å². The smallest absolute Gasteiger partial charge is 0.292 e. The quantitative estimate of drug-likeness (QED) is 0.801. The zero-order valence-corrected chi connectivity index (χ0v) is 13.1. The van der Waals surface area contributed by atoms with E-state index in [9.17, 15) is 9.59 Å². The molecule has 24 heavy (non-hydrogen) atoms. The molecule has 0 saturated carbocycles. The zero-order valence-electron chi connectivity index (χ0n) is 13.1. The maximum atomic E-state index is 13.4. The van der Waals surface area contributed by atoms with E-state index in [0.717, 1.165) is 29.7 Å². The van der Waals surface area contributed by atoms with Gasteiger partial charge in [-0.05, 0) is 18.4 Å². The average molecular weight is 321 g/mol. The molecule has 1 spiro atoms. The number of likely N-dealkylation sites (N-methyl/N-ethyl adjacent to an activating group) is 1. The van der Waals surface area contributed by atoms with E-state index in [-0.39, 0.29) is 17.7 Å². The number of carbonyl (C=O) groups excluding carboxylic acids is 2. The van der Waals surface area contributed by atoms with Gasteiger partial charge >= 0.3 is 0 Å². The van der Waals surface area contributed by atoms with Crippen LogP contribution in [0.4, 0.5) is 6.01 Å². The lowest BCUT2D eigenvalue weighted by Crippen LogP contribution is -2.40. The Labute approximate surface area is 138 Å². The summed E-state index contributed by atoms with van der Waals surface area (Å²) in [6.07, 6.45) is 1.93. The van der Waals surface area contributed by atoms with Gasteiger partial charge in [-0.1, -0.05) is 24.3 Å². The monoisotopic (exact) mass is 321 g/mol. The Morgan fingerprint density at radius 3 is 2.88 bits per heavy atom. The summed E-state index contributed by atoms with van der Waals surface area (Å²) < 4.78 is 5.60. The van der Waals surface area contributed by atoms with E-state index in [2.05, 4.69) is 4.98 Å². The van der Waals surface area contributed by atoms with Gasteiger partial charge in [-0.15, -0.1) is 0 Å². The predicted molar refractivity (Wildman–Crippen MR) is 85.8 cm³/mol. The molecule has 0 fully saturated rings. The van der Waals surface area contributed by atoms with E-state index in [1.54, 1.807) is 11.9 Å². The third-order valence-electron chi connectivity index (χ3n) is 5.36. The van der Waals surface area contributed by atoms with Crippen molar-refractivity contribution in [2.24, 2.45) is 0 Å². The first-order valence-electron chi connectivity index (χ1n) is 7.98. The van der Waals surface area contributed by atoms with Crippen molar-refractivity contribution >= 4 is 17.7 Å². The number of oxazole rings is 1. The van der Waals surface area contributed by atoms with Gasteiger partial charge in [-0.25, -0.2) is 0 Å². The highest BCUT2D eigenvalue weighted by Gasteiger charge is 2.63. The van der Waals surface area contributed by atoms with Crippen molar-refractivity contribution in [1.82, 2.24) is 9.88 Å². The molecule has 2 heterocycles. The number of hydrogen-bond acceptors (Lipinski definition) is 5. The second-order valence-electron chi connectivity index (χ2n) is 6.49. The van der Waals surface area contributed by atoms with Crippen LogP contribution in [-0.2, 0) is 15.0 Å². The summed E-state index contributed by atoms with van der Waals surface area (Å²) >= 11 is 0. The molecule has 0 saturated heterocycles. The van der Waals surface area contributed by atoms with Gasteiger partial charge in [0.1, 0.15) is 5.69 Å². The normalized spacial score (nSPS) is 24.6. The number of nitrogen functional groups attached to an aromatic ring is 1. The highest BCUT2D eigenvalue weighted by molar-refractivity contribution is 6.16. The van der Waals surface area contributed by atoms with Gasteiger partial charge in [-0.2, -0.15) is 4.98 Å². The third-order valence-corrected chi connectivity index (χ3v) is 5.36. The zero-order chi connectivity index (χ0) is 16.6. The Balaban J connectivity index is 1.95. The van der Waals surface area contributed by atoms with E-state index in [1.807, 2.05) is 24.3 Å². The molecular weight excluding hydrogens is 306 g/mol. The molecule has 120 valence electrons. The number of nitrogens with two attached hydrogens (primary N) is 1. The molecule has 3 aliphatic rings. The fourth-order valence-electron chi connectivity index (χ4n) is 4.45. The third kappa shape index (κ3) is 1.28. The number of anilines is 1. The van der Waals surface area contributed by atoms with Crippen LogP contribution < -0.4 is 5.73 Å². The summed E-state index contributed by atoms with van der Waals surface area (Å²) in [5, 5.41) is 0. The second kappa shape index (κ2) is 4.14. The number of hydrogen-bond donors (Lipinski definition) is 1. The fourth-order valence-corrected chi connectivity index (χ4v) is 4.45. The number of aromatic nitrogens is 1. The van der Waals surface area contributed by atoms with Gasteiger partial charge in [0.15, 0.2) is 17.0 Å². The van der Waals surface area contributed by atoms with Crippen molar-refractivity contribution in [2.45, 2.75) is 24.7 Å². The molecule has 1 atom stereocenters. The molecule has 5 rings (SSSR count). The first-order chi connectivity index (χ1) is 11.6. The molecule has 2 aliphatic carbocycles. The lowest BCUT2D eigenvalue weighted by atomic mass is 9.71. The number of Topliss-reactive ketones (excluding diaryl/α,β-unsaturated/α-hetero) is 1. The van der Waals surface area contributed by atoms with Crippen molar-refractivity contribution in [3.63, 3.8) is 0 Å². The van der Waals surface area contributed by atoms with Crippen LogP contribution in [-0.4, -0.2) is 28.6 Å². The minimum atomic E-state index is -1.20. The Bertz CT molecular complexity index is 972. The molecule has 0 unspecified atom stereocenters. The average Bonchev–Trinajstić information content (AvgIpc) is 3.15. The molecule has 2 aromatic rings. The lowest BCUT2D eigenvalue weighted by molar-refractivity contribution is -0.130. The van der Waals surface area contributed by atoms with E-state index >= 15 is 0 Å². The van der Waals surface area contributed by atoms with Crippen LogP contribution in [0.1, 0.15) is 30.5 Å². The summed E-state index contributed by atoms with van der Waals surface area (Å²) in [5.41, 5.74) is 7.95. The van der Waals surface area contributed by atoms with Crippen molar-refractivity contribution < 1.29 is 14.0 Å². The Kier molecular flexibility index (Phi) is 2.34. The summed E-state index contributed by atoms with van der Waals surface area (Å²) in [6, 6.07) is 7.52. The number of allylic oxidation sites excluding steroid dienone is 1. The molecule has 1 aromatic carbocycles. The Morgan fingerprint density at radius 1 is 1.25 bits per heavy atom. The van der Waals surface area contributed by atoms with Crippen LogP contribution in [0.25, 0.3) is 11.3 Å². The first-order valence-corrected chi connectivity index (χ1v) is 7.98. The highest BCUT2D eigenvalue weighted by Crippen LogP contribution is 2.58. The molecule has 6 heteroatoms. The van der Waals surface area contributed by atoms with Crippen molar-refractivity contribution in [3.05, 3.63) is 46.8 Å². The predicted octanol–water partition coefficient (Wildman–Crippen LogP) is 2.00. The van der Waals surface area contributed by atoms with E-state index in [1.165, 1.54) is 0 Å². The maximum absolute atomic E-state index is 13.4.